The molecule has 1 aliphatic rings. The van der Waals surface area contributed by atoms with Gasteiger partial charge in [0.25, 0.3) is 0 Å². The summed E-state index contributed by atoms with van der Waals surface area (Å²) < 4.78 is 18.3. The number of benzene rings is 2. The highest BCUT2D eigenvalue weighted by molar-refractivity contribution is 7.98. The highest BCUT2D eigenvalue weighted by Gasteiger charge is 2.31. The van der Waals surface area contributed by atoms with Crippen molar-refractivity contribution in [2.45, 2.75) is 30.6 Å². The molecular weight excluding hydrogens is 433 g/mol. The van der Waals surface area contributed by atoms with Gasteiger partial charge in [0.2, 0.25) is 0 Å². The molecule has 0 aliphatic carbocycles. The van der Waals surface area contributed by atoms with Crippen molar-refractivity contribution in [1.29, 1.82) is 0 Å². The van der Waals surface area contributed by atoms with Crippen LogP contribution in [0.3, 0.4) is 0 Å². The van der Waals surface area contributed by atoms with E-state index in [1.54, 1.807) is 18.3 Å². The van der Waals surface area contributed by atoms with E-state index in [0.29, 0.717) is 0 Å². The lowest BCUT2D eigenvalue weighted by Crippen LogP contribution is -2.13. The van der Waals surface area contributed by atoms with E-state index in [9.17, 15) is 4.39 Å². The Morgan fingerprint density at radius 2 is 1.88 bits per heavy atom. The topological polar surface area (TPSA) is 48.5 Å². The molecule has 0 amide bonds. The van der Waals surface area contributed by atoms with E-state index in [1.165, 1.54) is 34.8 Å². The Labute approximate surface area is 195 Å². The van der Waals surface area contributed by atoms with Crippen LogP contribution >= 0.6 is 11.8 Å². The molecule has 0 bridgehead atoms. The maximum Gasteiger partial charge on any atom is 0.187 e. The number of rotatable bonds is 5. The lowest BCUT2D eigenvalue weighted by molar-refractivity contribution is 0.459. The molecule has 33 heavy (non-hydrogen) atoms. The van der Waals surface area contributed by atoms with Crippen molar-refractivity contribution in [3.8, 4) is 22.6 Å². The van der Waals surface area contributed by atoms with Crippen LogP contribution in [0.25, 0.3) is 33.5 Å². The van der Waals surface area contributed by atoms with E-state index in [0.717, 1.165) is 53.0 Å². The lowest BCUT2D eigenvalue weighted by atomic mass is 10.1. The predicted octanol–water partition coefficient (Wildman–Crippen LogP) is 6.01. The van der Waals surface area contributed by atoms with Gasteiger partial charge in [0.15, 0.2) is 5.16 Å². The van der Waals surface area contributed by atoms with E-state index in [1.807, 2.05) is 12.3 Å². The summed E-state index contributed by atoms with van der Waals surface area (Å²) in [6, 6.07) is 19.4. The summed E-state index contributed by atoms with van der Waals surface area (Å²) in [6.07, 6.45) is 7.86. The SMILES string of the molecule is CSc1nccc(-c2c(-c3ccc(F)cc3)nc3n2C(Cn2ccc4ccccc42)CC3)n1. The Morgan fingerprint density at radius 3 is 2.73 bits per heavy atom. The minimum Gasteiger partial charge on any atom is -0.345 e. The van der Waals surface area contributed by atoms with Crippen LogP contribution in [0.5, 0.6) is 0 Å². The van der Waals surface area contributed by atoms with Crippen molar-refractivity contribution >= 4 is 22.7 Å². The first-order valence-electron chi connectivity index (χ1n) is 11.0. The normalized spacial score (nSPS) is 15.3. The van der Waals surface area contributed by atoms with Gasteiger partial charge in [-0.15, -0.1) is 0 Å². The second-order valence-electron chi connectivity index (χ2n) is 8.25. The largest absolute Gasteiger partial charge is 0.345 e. The summed E-state index contributed by atoms with van der Waals surface area (Å²) in [7, 11) is 0. The van der Waals surface area contributed by atoms with E-state index in [4.69, 9.17) is 9.97 Å². The number of nitrogens with zero attached hydrogens (tertiary/aromatic N) is 5. The Kier molecular flexibility index (Phi) is 4.99. The number of fused-ring (bicyclic) bond motifs is 2. The molecule has 1 atom stereocenters. The molecule has 0 fully saturated rings. The molecule has 0 saturated carbocycles. The van der Waals surface area contributed by atoms with Gasteiger partial charge in [0, 0.05) is 36.4 Å². The Balaban J connectivity index is 1.50. The van der Waals surface area contributed by atoms with Gasteiger partial charge in [-0.25, -0.2) is 19.3 Å². The van der Waals surface area contributed by atoms with E-state index in [-0.39, 0.29) is 11.9 Å². The third-order valence-corrected chi connectivity index (χ3v) is 6.88. The number of imidazole rings is 1. The van der Waals surface area contributed by atoms with Gasteiger partial charge in [-0.2, -0.15) is 0 Å². The molecule has 6 rings (SSSR count). The summed E-state index contributed by atoms with van der Waals surface area (Å²) >= 11 is 1.52. The average Bonchev–Trinajstić information content (AvgIpc) is 3.54. The monoisotopic (exact) mass is 455 g/mol. The van der Waals surface area contributed by atoms with Crippen LogP contribution in [0.15, 0.2) is 78.2 Å². The summed E-state index contributed by atoms with van der Waals surface area (Å²) in [5.41, 5.74) is 4.80. The molecule has 2 aromatic carbocycles. The number of halogens is 1. The fraction of sp³-hybridized carbons (Fsp3) is 0.192. The van der Waals surface area contributed by atoms with Crippen molar-refractivity contribution in [2.24, 2.45) is 0 Å². The number of thioether (sulfide) groups is 1. The molecule has 7 heteroatoms. The third-order valence-electron chi connectivity index (χ3n) is 6.31. The minimum absolute atomic E-state index is 0.250. The molecule has 4 heterocycles. The molecule has 3 aromatic heterocycles. The Bertz CT molecular complexity index is 1450. The van der Waals surface area contributed by atoms with Gasteiger partial charge in [0.05, 0.1) is 23.1 Å². The van der Waals surface area contributed by atoms with Gasteiger partial charge in [-0.1, -0.05) is 30.0 Å². The maximum atomic E-state index is 13.6. The van der Waals surface area contributed by atoms with Gasteiger partial charge < -0.3 is 9.13 Å². The average molecular weight is 456 g/mol. The van der Waals surface area contributed by atoms with Gasteiger partial charge in [-0.3, -0.25) is 0 Å². The predicted molar refractivity (Wildman–Crippen MR) is 130 cm³/mol. The zero-order valence-corrected chi connectivity index (χ0v) is 19.0. The van der Waals surface area contributed by atoms with E-state index < -0.39 is 0 Å². The smallest absolute Gasteiger partial charge is 0.187 e. The first-order chi connectivity index (χ1) is 16.2. The highest BCUT2D eigenvalue weighted by Crippen LogP contribution is 2.40. The van der Waals surface area contributed by atoms with Crippen LogP contribution in [0.4, 0.5) is 4.39 Å². The number of hydrogen-bond donors (Lipinski definition) is 0. The number of aromatic nitrogens is 5. The second-order valence-corrected chi connectivity index (χ2v) is 9.02. The van der Waals surface area contributed by atoms with Crippen LogP contribution in [0.2, 0.25) is 0 Å². The molecule has 0 spiro atoms. The second kappa shape index (κ2) is 8.15. The van der Waals surface area contributed by atoms with Crippen molar-refractivity contribution in [2.75, 3.05) is 6.26 Å². The summed E-state index contributed by atoms with van der Waals surface area (Å²) in [4.78, 5) is 14.2. The molecule has 0 saturated heterocycles. The number of hydrogen-bond acceptors (Lipinski definition) is 4. The lowest BCUT2D eigenvalue weighted by Gasteiger charge is -2.19. The zero-order valence-electron chi connectivity index (χ0n) is 18.1. The van der Waals surface area contributed by atoms with Crippen molar-refractivity contribution in [1.82, 2.24) is 24.1 Å². The summed E-state index contributed by atoms with van der Waals surface area (Å²) in [5.74, 6) is 0.797. The maximum absolute atomic E-state index is 13.6. The van der Waals surface area contributed by atoms with Gasteiger partial charge in [0.1, 0.15) is 11.6 Å². The quantitative estimate of drug-likeness (QED) is 0.241. The molecule has 1 unspecified atom stereocenters. The van der Waals surface area contributed by atoms with Crippen molar-refractivity contribution in [3.05, 3.63) is 84.7 Å². The molecule has 0 N–H and O–H groups in total. The molecule has 5 nitrogen and oxygen atoms in total. The minimum atomic E-state index is -0.254. The van der Waals surface area contributed by atoms with Gasteiger partial charge in [-0.05, 0) is 60.5 Å². The third kappa shape index (κ3) is 3.53. The molecular formula is C26H22FN5S. The van der Waals surface area contributed by atoms with E-state index in [2.05, 4.69) is 50.6 Å². The zero-order chi connectivity index (χ0) is 22.4. The van der Waals surface area contributed by atoms with Crippen LogP contribution in [0, 0.1) is 5.82 Å². The first-order valence-corrected chi connectivity index (χ1v) is 12.2. The molecule has 1 aliphatic heterocycles. The number of aryl methyl sites for hydroxylation is 1. The first kappa shape index (κ1) is 20.2. The highest BCUT2D eigenvalue weighted by atomic mass is 32.2. The summed E-state index contributed by atoms with van der Waals surface area (Å²) in [6.45, 7) is 0.854. The van der Waals surface area contributed by atoms with Crippen LogP contribution in [0.1, 0.15) is 18.3 Å². The van der Waals surface area contributed by atoms with Crippen LogP contribution < -0.4 is 0 Å². The fourth-order valence-electron chi connectivity index (χ4n) is 4.80. The fourth-order valence-corrected chi connectivity index (χ4v) is 5.15. The van der Waals surface area contributed by atoms with Crippen LogP contribution in [-0.4, -0.2) is 30.3 Å². The Hall–Kier alpha value is -3.45. The number of para-hydroxylation sites is 1. The Morgan fingerprint density at radius 1 is 1.03 bits per heavy atom. The van der Waals surface area contributed by atoms with Crippen LogP contribution in [-0.2, 0) is 13.0 Å². The summed E-state index contributed by atoms with van der Waals surface area (Å²) in [5, 5.41) is 1.97. The van der Waals surface area contributed by atoms with Crippen molar-refractivity contribution in [3.63, 3.8) is 0 Å². The molecule has 0 radical (unpaired) electrons. The van der Waals surface area contributed by atoms with Gasteiger partial charge >= 0.3 is 0 Å². The van der Waals surface area contributed by atoms with Crippen molar-refractivity contribution < 1.29 is 4.39 Å². The van der Waals surface area contributed by atoms with E-state index >= 15 is 0 Å². The molecule has 164 valence electrons. The molecule has 5 aromatic rings. The standard InChI is InChI=1S/C26H22FN5S/c1-33-26-28-14-12-21(29-26)25-24(18-6-8-19(27)9-7-18)30-23-11-10-20(32(23)25)16-31-15-13-17-4-2-3-5-22(17)31/h2-9,12-15,20H,10-11,16H2,1H3.